The van der Waals surface area contributed by atoms with Crippen molar-refractivity contribution in [2.45, 2.75) is 57.7 Å². The van der Waals surface area contributed by atoms with Crippen LogP contribution in [0.1, 0.15) is 39.5 Å². The van der Waals surface area contributed by atoms with Crippen molar-refractivity contribution in [3.8, 4) is 0 Å². The van der Waals surface area contributed by atoms with Gasteiger partial charge in [0.05, 0.1) is 12.8 Å². The Bertz CT molecular complexity index is 590. The van der Waals surface area contributed by atoms with Crippen molar-refractivity contribution in [1.29, 1.82) is 0 Å². The summed E-state index contributed by atoms with van der Waals surface area (Å²) in [6.07, 6.45) is 5.80. The highest BCUT2D eigenvalue weighted by atomic mass is 32.2. The smallest absolute Gasteiger partial charge is 0.211 e. The zero-order valence-corrected chi connectivity index (χ0v) is 16.6. The summed E-state index contributed by atoms with van der Waals surface area (Å²) in [5, 5.41) is 6.91. The number of nitrogens with one attached hydrogen (secondary N) is 2. The van der Waals surface area contributed by atoms with Gasteiger partial charge in [-0.25, -0.2) is 8.42 Å². The third-order valence-corrected chi connectivity index (χ3v) is 6.91. The second kappa shape index (κ2) is 7.80. The summed E-state index contributed by atoms with van der Waals surface area (Å²) in [7, 11) is -3.14. The van der Waals surface area contributed by atoms with Gasteiger partial charge in [0.25, 0.3) is 0 Å². The maximum Gasteiger partial charge on any atom is 0.211 e. The van der Waals surface area contributed by atoms with E-state index in [0.29, 0.717) is 25.0 Å². The lowest BCUT2D eigenvalue weighted by Crippen LogP contribution is -2.47. The van der Waals surface area contributed by atoms with Gasteiger partial charge in [-0.05, 0) is 38.5 Å². The van der Waals surface area contributed by atoms with Crippen molar-refractivity contribution in [3.63, 3.8) is 0 Å². The van der Waals surface area contributed by atoms with Crippen LogP contribution in [-0.2, 0) is 10.0 Å². The molecular weight excluding hydrogens is 338 g/mol. The molecule has 2 N–H and O–H groups in total. The van der Waals surface area contributed by atoms with Gasteiger partial charge in [0.15, 0.2) is 5.96 Å². The van der Waals surface area contributed by atoms with Crippen LogP contribution < -0.4 is 10.6 Å². The zero-order chi connectivity index (χ0) is 18.0. The fourth-order valence-corrected chi connectivity index (χ4v) is 5.22. The van der Waals surface area contributed by atoms with E-state index in [1.807, 2.05) is 0 Å². The van der Waals surface area contributed by atoms with Crippen molar-refractivity contribution in [2.24, 2.45) is 10.9 Å². The van der Waals surface area contributed by atoms with Crippen LogP contribution in [0.25, 0.3) is 0 Å². The Morgan fingerprint density at radius 1 is 1.24 bits per heavy atom. The number of sulfonamides is 1. The summed E-state index contributed by atoms with van der Waals surface area (Å²) >= 11 is 0. The van der Waals surface area contributed by atoms with Crippen molar-refractivity contribution < 1.29 is 8.42 Å². The normalized spacial score (nSPS) is 32.3. The van der Waals surface area contributed by atoms with E-state index in [2.05, 4.69) is 29.4 Å². The fourth-order valence-electron chi connectivity index (χ4n) is 4.05. The molecule has 3 aliphatic rings. The molecule has 2 saturated heterocycles. The first kappa shape index (κ1) is 18.9. The van der Waals surface area contributed by atoms with Gasteiger partial charge >= 0.3 is 0 Å². The lowest BCUT2D eigenvalue weighted by atomic mass is 10.1. The van der Waals surface area contributed by atoms with Crippen LogP contribution in [0.3, 0.4) is 0 Å². The maximum absolute atomic E-state index is 11.9. The summed E-state index contributed by atoms with van der Waals surface area (Å²) in [5.41, 5.74) is 0. The van der Waals surface area contributed by atoms with Crippen molar-refractivity contribution in [1.82, 2.24) is 19.8 Å². The molecule has 0 amide bonds. The van der Waals surface area contributed by atoms with E-state index in [1.54, 1.807) is 4.31 Å². The molecule has 7 nitrogen and oxygen atoms in total. The third kappa shape index (κ3) is 4.86. The molecule has 0 aromatic rings. The van der Waals surface area contributed by atoms with E-state index in [4.69, 9.17) is 4.99 Å². The molecule has 0 spiro atoms. The van der Waals surface area contributed by atoms with Crippen LogP contribution in [0.5, 0.6) is 0 Å². The minimum Gasteiger partial charge on any atom is -0.357 e. The lowest BCUT2D eigenvalue weighted by molar-refractivity contribution is 0.315. The second-order valence-corrected chi connectivity index (χ2v) is 9.74. The minimum atomic E-state index is -3.14. The molecule has 0 bridgehead atoms. The predicted octanol–water partition coefficient (Wildman–Crippen LogP) is 0.448. The Morgan fingerprint density at radius 2 is 2.00 bits per heavy atom. The Hall–Kier alpha value is -0.860. The number of likely N-dealkylation sites (tertiary alicyclic amines) is 1. The van der Waals surface area contributed by atoms with Crippen LogP contribution in [0.15, 0.2) is 4.99 Å². The summed E-state index contributed by atoms with van der Waals surface area (Å²) in [5.74, 6) is 1.42. The highest BCUT2D eigenvalue weighted by molar-refractivity contribution is 7.88. The lowest BCUT2D eigenvalue weighted by Gasteiger charge is -2.23. The number of guanidine groups is 1. The van der Waals surface area contributed by atoms with E-state index in [1.165, 1.54) is 19.1 Å². The Kier molecular flexibility index (Phi) is 5.90. The van der Waals surface area contributed by atoms with Crippen LogP contribution in [0.2, 0.25) is 0 Å². The van der Waals surface area contributed by atoms with E-state index < -0.39 is 10.0 Å². The molecule has 1 saturated carbocycles. The van der Waals surface area contributed by atoms with Crippen LogP contribution in [-0.4, -0.2) is 80.7 Å². The molecule has 0 aromatic heterocycles. The monoisotopic (exact) mass is 371 g/mol. The second-order valence-electron chi connectivity index (χ2n) is 7.80. The summed E-state index contributed by atoms with van der Waals surface area (Å²) in [6, 6.07) is 1.21. The molecule has 0 radical (unpaired) electrons. The SMILES string of the molecule is CCNC(=NC[C@H]1CCCN1S(C)(=O)=O)NC1CN(C2CC2)CC1C. The van der Waals surface area contributed by atoms with E-state index in [9.17, 15) is 8.42 Å². The first-order valence-corrected chi connectivity index (χ1v) is 11.5. The highest BCUT2D eigenvalue weighted by Crippen LogP contribution is 2.31. The first-order chi connectivity index (χ1) is 11.9. The molecule has 144 valence electrons. The average Bonchev–Trinajstić information content (AvgIpc) is 3.16. The largest absolute Gasteiger partial charge is 0.357 e. The Balaban J connectivity index is 1.59. The van der Waals surface area contributed by atoms with Gasteiger partial charge < -0.3 is 10.6 Å². The molecular formula is C17H33N5O2S. The quantitative estimate of drug-likeness (QED) is 0.524. The molecule has 3 atom stereocenters. The number of hydrogen-bond acceptors (Lipinski definition) is 4. The van der Waals surface area contributed by atoms with Crippen molar-refractivity contribution in [2.75, 3.05) is 39.0 Å². The molecule has 3 fully saturated rings. The van der Waals surface area contributed by atoms with Gasteiger partial charge in [0.1, 0.15) is 0 Å². The number of rotatable bonds is 6. The summed E-state index contributed by atoms with van der Waals surface area (Å²) in [6.45, 7) is 8.55. The minimum absolute atomic E-state index is 0.00517. The topological polar surface area (TPSA) is 77.0 Å². The molecule has 1 aliphatic carbocycles. The third-order valence-electron chi connectivity index (χ3n) is 5.58. The number of hydrogen-bond donors (Lipinski definition) is 2. The molecule has 3 rings (SSSR count). The molecule has 8 heteroatoms. The van der Waals surface area contributed by atoms with E-state index >= 15 is 0 Å². The van der Waals surface area contributed by atoms with Gasteiger partial charge in [-0.1, -0.05) is 6.92 Å². The van der Waals surface area contributed by atoms with E-state index in [-0.39, 0.29) is 6.04 Å². The Morgan fingerprint density at radius 3 is 2.64 bits per heavy atom. The first-order valence-electron chi connectivity index (χ1n) is 9.64. The molecule has 2 aliphatic heterocycles. The van der Waals surface area contributed by atoms with Crippen LogP contribution >= 0.6 is 0 Å². The van der Waals surface area contributed by atoms with Gasteiger partial charge in [-0.15, -0.1) is 0 Å². The number of aliphatic imine (C=N–C) groups is 1. The highest BCUT2D eigenvalue weighted by Gasteiger charge is 2.38. The fraction of sp³-hybridized carbons (Fsp3) is 0.941. The van der Waals surface area contributed by atoms with Crippen LogP contribution in [0, 0.1) is 5.92 Å². The number of nitrogens with zero attached hydrogens (tertiary/aromatic N) is 3. The molecule has 2 unspecified atom stereocenters. The van der Waals surface area contributed by atoms with E-state index in [0.717, 1.165) is 44.5 Å². The maximum atomic E-state index is 11.9. The summed E-state index contributed by atoms with van der Waals surface area (Å²) in [4.78, 5) is 7.30. The summed E-state index contributed by atoms with van der Waals surface area (Å²) < 4.78 is 25.4. The van der Waals surface area contributed by atoms with Gasteiger partial charge in [0, 0.05) is 44.3 Å². The van der Waals surface area contributed by atoms with Gasteiger partial charge in [0.2, 0.25) is 10.0 Å². The molecule has 0 aromatic carbocycles. The average molecular weight is 372 g/mol. The van der Waals surface area contributed by atoms with Gasteiger partial charge in [-0.3, -0.25) is 9.89 Å². The predicted molar refractivity (Wildman–Crippen MR) is 101 cm³/mol. The standard InChI is InChI=1S/C17H33N5O2S/c1-4-18-17(19-10-15-6-5-9-22(15)25(3,23)24)20-16-12-21(11-13(16)2)14-7-8-14/h13-16H,4-12H2,1-3H3,(H2,18,19,20)/t13?,15-,16?/m1/s1. The molecule has 2 heterocycles. The van der Waals surface area contributed by atoms with Crippen molar-refractivity contribution >= 4 is 16.0 Å². The molecule has 25 heavy (non-hydrogen) atoms. The van der Waals surface area contributed by atoms with Crippen molar-refractivity contribution in [3.05, 3.63) is 0 Å². The van der Waals surface area contributed by atoms with Crippen LogP contribution in [0.4, 0.5) is 0 Å². The Labute approximate surface area is 152 Å². The zero-order valence-electron chi connectivity index (χ0n) is 15.7. The van der Waals surface area contributed by atoms with Gasteiger partial charge in [-0.2, -0.15) is 4.31 Å².